The van der Waals surface area contributed by atoms with E-state index in [0.717, 1.165) is 6.07 Å². The highest BCUT2D eigenvalue weighted by molar-refractivity contribution is 6.02. The van der Waals surface area contributed by atoms with Crippen LogP contribution < -0.4 is 10.6 Å². The van der Waals surface area contributed by atoms with Gasteiger partial charge in [-0.25, -0.2) is 18.0 Å². The Hall–Kier alpha value is -3.30. The smallest absolute Gasteiger partial charge is 0.339 e. The summed E-state index contributed by atoms with van der Waals surface area (Å²) in [5, 5.41) is 4.34. The number of aryl methyl sites for hydroxylation is 1. The molecule has 10 heteroatoms. The summed E-state index contributed by atoms with van der Waals surface area (Å²) in [5.41, 5.74) is 0.610. The fourth-order valence-electron chi connectivity index (χ4n) is 2.59. The van der Waals surface area contributed by atoms with Gasteiger partial charge in [0.15, 0.2) is 17.5 Å². The first-order valence-electron chi connectivity index (χ1n) is 8.22. The first-order chi connectivity index (χ1) is 13.2. The van der Waals surface area contributed by atoms with Gasteiger partial charge in [-0.1, -0.05) is 6.92 Å². The lowest BCUT2D eigenvalue weighted by atomic mass is 10.1. The van der Waals surface area contributed by atoms with E-state index in [0.29, 0.717) is 23.7 Å². The van der Waals surface area contributed by atoms with E-state index in [-0.39, 0.29) is 11.3 Å². The molecule has 1 heterocycles. The molecule has 28 heavy (non-hydrogen) atoms. The Kier molecular flexibility index (Phi) is 6.45. The number of ether oxygens (including phenoxy) is 1. The summed E-state index contributed by atoms with van der Waals surface area (Å²) < 4.78 is 44.3. The van der Waals surface area contributed by atoms with E-state index in [1.165, 1.54) is 7.11 Å². The highest BCUT2D eigenvalue weighted by Crippen LogP contribution is 2.21. The number of carbonyl (C=O) groups excluding carboxylic acids is 3. The van der Waals surface area contributed by atoms with Crippen LogP contribution in [0.5, 0.6) is 0 Å². The lowest BCUT2D eigenvalue weighted by Gasteiger charge is -2.08. The van der Waals surface area contributed by atoms with Crippen LogP contribution in [0.4, 0.5) is 18.9 Å². The fourth-order valence-corrected chi connectivity index (χ4v) is 2.59. The molecule has 0 aliphatic heterocycles. The molecule has 1 aromatic carbocycles. The SMILES string of the molecule is CCc1[nH]c(C(=O)NCC(=O)Nc2ccc(F)c(F)c2F)c(C)c1C(=O)OC. The standard InChI is InChI=1S/C18H18F3N3O4/c1-4-10-13(18(27)28-3)8(2)16(24-10)17(26)22-7-12(25)23-11-6-5-9(19)14(20)15(11)21/h5-6,24H,4,7H2,1-3H3,(H,22,26)(H,23,25). The Morgan fingerprint density at radius 3 is 2.43 bits per heavy atom. The summed E-state index contributed by atoms with van der Waals surface area (Å²) in [5.74, 6) is -6.79. The van der Waals surface area contributed by atoms with Gasteiger partial charge in [0.2, 0.25) is 5.91 Å². The van der Waals surface area contributed by atoms with Crippen LogP contribution >= 0.6 is 0 Å². The average molecular weight is 397 g/mol. The van der Waals surface area contributed by atoms with Crippen molar-refractivity contribution in [2.45, 2.75) is 20.3 Å². The lowest BCUT2D eigenvalue weighted by Crippen LogP contribution is -2.33. The Morgan fingerprint density at radius 2 is 1.82 bits per heavy atom. The van der Waals surface area contributed by atoms with Crippen LogP contribution in [0.2, 0.25) is 0 Å². The van der Waals surface area contributed by atoms with Gasteiger partial charge < -0.3 is 20.4 Å². The van der Waals surface area contributed by atoms with Crippen molar-refractivity contribution >= 4 is 23.5 Å². The highest BCUT2D eigenvalue weighted by atomic mass is 19.2. The van der Waals surface area contributed by atoms with Gasteiger partial charge in [-0.15, -0.1) is 0 Å². The Labute approximate surface area is 158 Å². The van der Waals surface area contributed by atoms with E-state index >= 15 is 0 Å². The van der Waals surface area contributed by atoms with E-state index in [1.807, 2.05) is 5.32 Å². The van der Waals surface area contributed by atoms with Crippen LogP contribution in [0.3, 0.4) is 0 Å². The monoisotopic (exact) mass is 397 g/mol. The molecule has 0 atom stereocenters. The molecule has 0 aliphatic carbocycles. The molecular weight excluding hydrogens is 379 g/mol. The Balaban J connectivity index is 2.08. The topological polar surface area (TPSA) is 100 Å². The maximum absolute atomic E-state index is 13.6. The van der Waals surface area contributed by atoms with E-state index in [4.69, 9.17) is 4.74 Å². The number of esters is 1. The molecule has 3 N–H and O–H groups in total. The van der Waals surface area contributed by atoms with E-state index in [1.54, 1.807) is 13.8 Å². The number of carbonyl (C=O) groups is 3. The van der Waals surface area contributed by atoms with Crippen molar-refractivity contribution in [2.75, 3.05) is 19.0 Å². The number of halogens is 3. The minimum absolute atomic E-state index is 0.0732. The summed E-state index contributed by atoms with van der Waals surface area (Å²) in [4.78, 5) is 38.9. The van der Waals surface area contributed by atoms with Crippen molar-refractivity contribution < 1.29 is 32.3 Å². The number of H-pyrrole nitrogens is 1. The van der Waals surface area contributed by atoms with Crippen molar-refractivity contribution in [3.63, 3.8) is 0 Å². The van der Waals surface area contributed by atoms with E-state index in [2.05, 4.69) is 10.3 Å². The quantitative estimate of drug-likeness (QED) is 0.515. The number of methoxy groups -OCH3 is 1. The van der Waals surface area contributed by atoms with Gasteiger partial charge in [0.05, 0.1) is 24.9 Å². The first-order valence-corrected chi connectivity index (χ1v) is 8.22. The zero-order chi connectivity index (χ0) is 21.0. The number of anilines is 1. The fraction of sp³-hybridized carbons (Fsp3) is 0.278. The maximum Gasteiger partial charge on any atom is 0.339 e. The van der Waals surface area contributed by atoms with Crippen LogP contribution in [-0.2, 0) is 16.0 Å². The van der Waals surface area contributed by atoms with Gasteiger partial charge >= 0.3 is 5.97 Å². The van der Waals surface area contributed by atoms with Crippen LogP contribution in [0, 0.1) is 24.4 Å². The van der Waals surface area contributed by atoms with Gasteiger partial charge in [-0.3, -0.25) is 9.59 Å². The molecule has 2 aromatic rings. The zero-order valence-corrected chi connectivity index (χ0v) is 15.3. The summed E-state index contributed by atoms with van der Waals surface area (Å²) in [7, 11) is 1.22. The molecule has 0 saturated carbocycles. The number of aromatic nitrogens is 1. The molecule has 2 amide bonds. The second-order valence-electron chi connectivity index (χ2n) is 5.78. The van der Waals surface area contributed by atoms with Crippen LogP contribution in [0.1, 0.15) is 39.0 Å². The highest BCUT2D eigenvalue weighted by Gasteiger charge is 2.24. The van der Waals surface area contributed by atoms with Gasteiger partial charge in [0.25, 0.3) is 5.91 Å². The minimum atomic E-state index is -1.72. The molecule has 0 radical (unpaired) electrons. The average Bonchev–Trinajstić information content (AvgIpc) is 3.02. The summed E-state index contributed by atoms with van der Waals surface area (Å²) in [6.45, 7) is 2.77. The number of rotatable bonds is 6. The molecule has 0 fully saturated rings. The molecular formula is C18H18F3N3O4. The van der Waals surface area contributed by atoms with Crippen molar-refractivity contribution in [3.05, 3.63) is 52.1 Å². The molecule has 1 aromatic heterocycles. The molecule has 0 unspecified atom stereocenters. The third-order valence-corrected chi connectivity index (χ3v) is 4.02. The van der Waals surface area contributed by atoms with E-state index in [9.17, 15) is 27.6 Å². The first kappa shape index (κ1) is 21.0. The second-order valence-corrected chi connectivity index (χ2v) is 5.78. The van der Waals surface area contributed by atoms with Crippen LogP contribution in [0.25, 0.3) is 0 Å². The maximum atomic E-state index is 13.6. The number of hydrogen-bond acceptors (Lipinski definition) is 4. The van der Waals surface area contributed by atoms with Gasteiger partial charge in [0, 0.05) is 5.69 Å². The predicted octanol–water partition coefficient (Wildman–Crippen LogP) is 2.46. The predicted molar refractivity (Wildman–Crippen MR) is 93.5 cm³/mol. The lowest BCUT2D eigenvalue weighted by molar-refractivity contribution is -0.115. The molecule has 0 aliphatic rings. The second kappa shape index (κ2) is 8.59. The number of amides is 2. The normalized spacial score (nSPS) is 10.5. The summed E-state index contributed by atoms with van der Waals surface area (Å²) >= 11 is 0. The van der Waals surface area contributed by atoms with Crippen LogP contribution in [-0.4, -0.2) is 36.4 Å². The van der Waals surface area contributed by atoms with Gasteiger partial charge in [-0.2, -0.15) is 0 Å². The summed E-state index contributed by atoms with van der Waals surface area (Å²) in [6, 6.07) is 1.52. The molecule has 0 saturated heterocycles. The van der Waals surface area contributed by atoms with Gasteiger partial charge in [0.1, 0.15) is 5.69 Å². The Bertz CT molecular complexity index is 941. The summed E-state index contributed by atoms with van der Waals surface area (Å²) in [6.07, 6.45) is 0.439. The van der Waals surface area contributed by atoms with Crippen LogP contribution in [0.15, 0.2) is 12.1 Å². The molecule has 150 valence electrons. The molecule has 0 spiro atoms. The van der Waals surface area contributed by atoms with Gasteiger partial charge in [-0.05, 0) is 31.0 Å². The Morgan fingerprint density at radius 1 is 1.14 bits per heavy atom. The number of aromatic amines is 1. The minimum Gasteiger partial charge on any atom is -0.465 e. The van der Waals surface area contributed by atoms with Crippen molar-refractivity contribution in [3.8, 4) is 0 Å². The van der Waals surface area contributed by atoms with E-state index < -0.39 is 47.5 Å². The van der Waals surface area contributed by atoms with Crippen molar-refractivity contribution in [2.24, 2.45) is 0 Å². The number of hydrogen-bond donors (Lipinski definition) is 3. The third-order valence-electron chi connectivity index (χ3n) is 4.02. The molecule has 2 rings (SSSR count). The molecule has 7 nitrogen and oxygen atoms in total. The third kappa shape index (κ3) is 4.16. The zero-order valence-electron chi connectivity index (χ0n) is 15.3. The number of nitrogens with one attached hydrogen (secondary N) is 3. The number of benzene rings is 1. The molecule has 0 bridgehead atoms. The van der Waals surface area contributed by atoms with Crippen molar-refractivity contribution in [1.82, 2.24) is 10.3 Å². The largest absolute Gasteiger partial charge is 0.465 e. The van der Waals surface area contributed by atoms with Crippen molar-refractivity contribution in [1.29, 1.82) is 0 Å².